The first-order valence-electron chi connectivity index (χ1n) is 9.07. The number of hydrogen-bond acceptors (Lipinski definition) is 6. The van der Waals surface area contributed by atoms with Gasteiger partial charge in [-0.15, -0.1) is 13.2 Å². The molecule has 0 radical (unpaired) electrons. The zero-order valence-electron chi connectivity index (χ0n) is 16.3. The number of carbonyl (C=O) groups excluding carboxylic acids is 2. The molecule has 3 rings (SSSR count). The normalized spacial score (nSPS) is 18.3. The van der Waals surface area contributed by atoms with E-state index >= 15 is 0 Å². The van der Waals surface area contributed by atoms with Crippen molar-refractivity contribution >= 4 is 23.4 Å². The molecule has 0 unspecified atom stereocenters. The Morgan fingerprint density at radius 2 is 1.84 bits per heavy atom. The number of ether oxygens (including phenoxy) is 2. The van der Waals surface area contributed by atoms with E-state index in [9.17, 15) is 35.9 Å². The first-order chi connectivity index (χ1) is 14.8. The molecule has 0 fully saturated rings. The van der Waals surface area contributed by atoms with Crippen molar-refractivity contribution in [2.45, 2.75) is 38.0 Å². The predicted molar refractivity (Wildman–Crippen MR) is 97.1 cm³/mol. The molecule has 8 nitrogen and oxygen atoms in total. The minimum Gasteiger partial charge on any atom is -0.451 e. The summed E-state index contributed by atoms with van der Waals surface area (Å²) in [6, 6.07) is 2.87. The van der Waals surface area contributed by atoms with Gasteiger partial charge in [-0.05, 0) is 37.6 Å². The summed E-state index contributed by atoms with van der Waals surface area (Å²) in [6.07, 6.45) is -9.71. The van der Waals surface area contributed by atoms with Gasteiger partial charge in [-0.25, -0.2) is 9.48 Å². The Balaban J connectivity index is 1.57. The van der Waals surface area contributed by atoms with E-state index in [2.05, 4.69) is 20.5 Å². The molecule has 0 aliphatic carbocycles. The molecule has 2 N–H and O–H groups in total. The van der Waals surface area contributed by atoms with Gasteiger partial charge in [-0.2, -0.15) is 18.3 Å². The molecule has 0 bridgehead atoms. The lowest BCUT2D eigenvalue weighted by Crippen LogP contribution is -2.37. The van der Waals surface area contributed by atoms with E-state index in [0.717, 1.165) is 30.3 Å². The second kappa shape index (κ2) is 8.59. The van der Waals surface area contributed by atoms with Crippen LogP contribution in [0.25, 0.3) is 0 Å². The van der Waals surface area contributed by atoms with Gasteiger partial charge in [-0.1, -0.05) is 0 Å². The van der Waals surface area contributed by atoms with Crippen LogP contribution in [0, 0.1) is 0 Å². The van der Waals surface area contributed by atoms with Crippen LogP contribution in [-0.2, 0) is 9.53 Å². The minimum absolute atomic E-state index is 0.0105. The maximum atomic E-state index is 13.2. The number of esters is 1. The molecule has 0 spiro atoms. The summed E-state index contributed by atoms with van der Waals surface area (Å²) in [4.78, 5) is 24.0. The van der Waals surface area contributed by atoms with Gasteiger partial charge in [-0.3, -0.25) is 4.79 Å². The van der Waals surface area contributed by atoms with E-state index < -0.39 is 54.5 Å². The average molecular weight is 466 g/mol. The van der Waals surface area contributed by atoms with E-state index in [1.807, 2.05) is 0 Å². The summed E-state index contributed by atoms with van der Waals surface area (Å²) in [5.74, 6) is -2.45. The number of alkyl halides is 6. The van der Waals surface area contributed by atoms with Crippen LogP contribution >= 0.6 is 0 Å². The highest BCUT2D eigenvalue weighted by atomic mass is 19.4. The molecule has 1 aliphatic heterocycles. The minimum atomic E-state index is -4.86. The van der Waals surface area contributed by atoms with Gasteiger partial charge in [0.15, 0.2) is 18.3 Å². The van der Waals surface area contributed by atoms with Gasteiger partial charge in [0.05, 0.1) is 0 Å². The lowest BCUT2D eigenvalue weighted by molar-refractivity contribution is -0.274. The second-order valence-corrected chi connectivity index (χ2v) is 6.89. The van der Waals surface area contributed by atoms with Crippen LogP contribution in [0.15, 0.2) is 30.3 Å². The topological polar surface area (TPSA) is 94.5 Å². The number of nitrogens with one attached hydrogen (secondary N) is 2. The second-order valence-electron chi connectivity index (χ2n) is 6.89. The van der Waals surface area contributed by atoms with Gasteiger partial charge in [0.2, 0.25) is 0 Å². The first kappa shape index (κ1) is 23.2. The van der Waals surface area contributed by atoms with Crippen LogP contribution in [0.4, 0.5) is 37.8 Å². The Labute approximate surface area is 176 Å². The van der Waals surface area contributed by atoms with Crippen molar-refractivity contribution in [1.82, 2.24) is 9.78 Å². The van der Waals surface area contributed by atoms with Crippen molar-refractivity contribution < 1.29 is 45.4 Å². The summed E-state index contributed by atoms with van der Waals surface area (Å²) in [7, 11) is 0. The van der Waals surface area contributed by atoms with E-state index in [4.69, 9.17) is 4.74 Å². The van der Waals surface area contributed by atoms with E-state index in [1.165, 1.54) is 0 Å². The van der Waals surface area contributed by atoms with E-state index in [-0.39, 0.29) is 17.9 Å². The molecule has 1 aliphatic rings. The van der Waals surface area contributed by atoms with Crippen molar-refractivity contribution in [1.29, 1.82) is 0 Å². The van der Waals surface area contributed by atoms with Crippen LogP contribution in [0.1, 0.15) is 29.9 Å². The summed E-state index contributed by atoms with van der Waals surface area (Å²) in [5, 5.41) is 8.72. The molecule has 0 saturated carbocycles. The van der Waals surface area contributed by atoms with Gasteiger partial charge in [0.1, 0.15) is 11.6 Å². The predicted octanol–water partition coefficient (Wildman–Crippen LogP) is 3.88. The van der Waals surface area contributed by atoms with Crippen molar-refractivity contribution in [3.8, 4) is 5.75 Å². The van der Waals surface area contributed by atoms with E-state index in [0.29, 0.717) is 4.68 Å². The lowest BCUT2D eigenvalue weighted by Gasteiger charge is -2.31. The molecular formula is C18H16F6N4O4. The molecule has 1 aromatic heterocycles. The third-order valence-electron chi connectivity index (χ3n) is 4.30. The summed E-state index contributed by atoms with van der Waals surface area (Å²) < 4.78 is 85.3. The smallest absolute Gasteiger partial charge is 0.451 e. The standard InChI is InChI=1S/C18H16F6N4O4/c1-9-6-13(17(19,20)21)28-14(25-9)7-12(27-28)16(30)31-8-15(29)26-10-2-4-11(5-3-10)32-18(22,23)24/h2-5,7,9,13,25H,6,8H2,1H3,(H,26,29)/t9-,13+/m0/s1. The Morgan fingerprint density at radius 3 is 2.44 bits per heavy atom. The summed E-state index contributed by atoms with van der Waals surface area (Å²) in [6.45, 7) is 0.758. The van der Waals surface area contributed by atoms with Crippen LogP contribution in [0.3, 0.4) is 0 Å². The highest BCUT2D eigenvalue weighted by Crippen LogP contribution is 2.39. The molecule has 14 heteroatoms. The molecule has 1 amide bonds. The number of benzene rings is 1. The van der Waals surface area contributed by atoms with E-state index in [1.54, 1.807) is 6.92 Å². The van der Waals surface area contributed by atoms with Crippen molar-refractivity contribution in [2.24, 2.45) is 0 Å². The number of halogens is 6. The van der Waals surface area contributed by atoms with Crippen LogP contribution in [0.2, 0.25) is 0 Å². The Morgan fingerprint density at radius 1 is 1.19 bits per heavy atom. The van der Waals surface area contributed by atoms with Crippen molar-refractivity contribution in [3.05, 3.63) is 36.0 Å². The Bertz CT molecular complexity index is 987. The fourth-order valence-electron chi connectivity index (χ4n) is 3.00. The summed E-state index contributed by atoms with van der Waals surface area (Å²) >= 11 is 0. The summed E-state index contributed by atoms with van der Waals surface area (Å²) in [5.41, 5.74) is -0.318. The molecule has 1 aromatic carbocycles. The van der Waals surface area contributed by atoms with Crippen LogP contribution < -0.4 is 15.4 Å². The van der Waals surface area contributed by atoms with Crippen molar-refractivity contribution in [2.75, 3.05) is 17.2 Å². The molecular weight excluding hydrogens is 450 g/mol. The highest BCUT2D eigenvalue weighted by Gasteiger charge is 2.45. The van der Waals surface area contributed by atoms with Gasteiger partial charge in [0, 0.05) is 17.8 Å². The number of rotatable bonds is 5. The number of hydrogen-bond donors (Lipinski definition) is 2. The lowest BCUT2D eigenvalue weighted by atomic mass is 10.1. The molecule has 2 atom stereocenters. The first-order valence-corrected chi connectivity index (χ1v) is 9.07. The number of fused-ring (bicyclic) bond motifs is 1. The molecule has 2 heterocycles. The molecule has 32 heavy (non-hydrogen) atoms. The van der Waals surface area contributed by atoms with Crippen LogP contribution in [0.5, 0.6) is 5.75 Å². The quantitative estimate of drug-likeness (QED) is 0.513. The van der Waals surface area contributed by atoms with Gasteiger partial charge >= 0.3 is 18.5 Å². The maximum Gasteiger partial charge on any atom is 0.573 e. The SMILES string of the molecule is C[C@H]1C[C@H](C(F)(F)F)n2nc(C(=O)OCC(=O)Nc3ccc(OC(F)(F)F)cc3)cc2N1. The largest absolute Gasteiger partial charge is 0.573 e. The highest BCUT2D eigenvalue weighted by molar-refractivity contribution is 5.95. The zero-order chi connectivity index (χ0) is 23.7. The molecule has 0 saturated heterocycles. The maximum absolute atomic E-state index is 13.2. The third-order valence-corrected chi connectivity index (χ3v) is 4.30. The monoisotopic (exact) mass is 466 g/mol. The number of aromatic nitrogens is 2. The van der Waals surface area contributed by atoms with Gasteiger partial charge in [0.25, 0.3) is 5.91 Å². The number of anilines is 2. The number of carbonyl (C=O) groups is 2. The number of nitrogens with zero attached hydrogens (tertiary/aromatic N) is 2. The van der Waals surface area contributed by atoms with Gasteiger partial charge < -0.3 is 20.1 Å². The van der Waals surface area contributed by atoms with Crippen molar-refractivity contribution in [3.63, 3.8) is 0 Å². The van der Waals surface area contributed by atoms with Crippen LogP contribution in [-0.4, -0.2) is 46.8 Å². The molecule has 2 aromatic rings. The average Bonchev–Trinajstić information content (AvgIpc) is 3.09. The third kappa shape index (κ3) is 5.82. The Hall–Kier alpha value is -3.45. The fourth-order valence-corrected chi connectivity index (χ4v) is 3.00. The Kier molecular flexibility index (Phi) is 6.23. The number of amides is 1. The zero-order valence-corrected chi connectivity index (χ0v) is 16.3. The fraction of sp³-hybridized carbons (Fsp3) is 0.389. The molecule has 174 valence electrons.